The quantitative estimate of drug-likeness (QED) is 0.361. The van der Waals surface area contributed by atoms with Crippen molar-refractivity contribution in [3.8, 4) is 5.88 Å². The van der Waals surface area contributed by atoms with Crippen molar-refractivity contribution in [2.24, 2.45) is 11.3 Å². The normalized spacial score (nSPS) is 31.4. The maximum Gasteiger partial charge on any atom is 0.408 e. The number of ether oxygens (including phenoxy) is 3. The lowest BCUT2D eigenvalue weighted by atomic mass is 9.85. The fraction of sp³-hybridized carbons (Fsp3) is 0.632. The molecule has 4 fully saturated rings. The fourth-order valence-corrected chi connectivity index (χ4v) is 9.25. The lowest BCUT2D eigenvalue weighted by Crippen LogP contribution is -2.60. The molecule has 56 heavy (non-hydrogen) atoms. The molecule has 15 nitrogen and oxygen atoms in total. The number of para-hydroxylation sites is 2. The van der Waals surface area contributed by atoms with E-state index >= 15 is 8.78 Å². The van der Waals surface area contributed by atoms with E-state index in [1.54, 1.807) is 39.0 Å². The van der Waals surface area contributed by atoms with Gasteiger partial charge in [0, 0.05) is 6.42 Å². The number of alkyl carbamates (subject to hydrolysis) is 1. The molecule has 5 aliphatic rings. The van der Waals surface area contributed by atoms with Crippen molar-refractivity contribution >= 4 is 44.9 Å². The number of fused-ring (bicyclic) bond motifs is 5. The topological polar surface area (TPSA) is 195 Å². The Bertz CT molecular complexity index is 2040. The summed E-state index contributed by atoms with van der Waals surface area (Å²) in [6.07, 6.45) is 1.46. The number of carbonyl (C=O) groups is 4. The van der Waals surface area contributed by atoms with Gasteiger partial charge in [0.15, 0.2) is 5.69 Å². The molecule has 0 radical (unpaired) electrons. The number of carbonyl (C=O) groups excluding carboxylic acids is 4. The number of amides is 4. The van der Waals surface area contributed by atoms with E-state index in [0.717, 1.165) is 6.08 Å². The average Bonchev–Trinajstić information content (AvgIpc) is 4.03. The first-order chi connectivity index (χ1) is 26.4. The minimum absolute atomic E-state index is 0.171. The fourth-order valence-electron chi connectivity index (χ4n) is 7.89. The van der Waals surface area contributed by atoms with Crippen LogP contribution < -0.4 is 20.1 Å². The molecular weight excluding hydrogens is 755 g/mol. The van der Waals surface area contributed by atoms with Gasteiger partial charge in [-0.25, -0.2) is 23.2 Å². The minimum atomic E-state index is -3.94. The van der Waals surface area contributed by atoms with Crippen molar-refractivity contribution in [2.45, 2.75) is 126 Å². The Kier molecular flexibility index (Phi) is 10.5. The summed E-state index contributed by atoms with van der Waals surface area (Å²) < 4.78 is 77.5. The summed E-state index contributed by atoms with van der Waals surface area (Å²) in [6, 6.07) is 3.86. The molecule has 3 N–H and O–H groups in total. The Labute approximate surface area is 323 Å². The molecule has 18 heteroatoms. The van der Waals surface area contributed by atoms with Gasteiger partial charge in [-0.1, -0.05) is 52.3 Å². The number of aromatic nitrogens is 2. The standard InChI is InChI=1S/C38H48F2N6O9S/c1-5-21-19-37(21,34(49)45-56(51,52)23-14-15-23)44-31(47)26-18-22-20-46(26)33(48)30(36(2,3)4)43-35(50)55-28-13-8-12-27(28)53-17-9-16-38(39,40)29-32(54-22)42-25-11-7-6-10-24(25)41-29/h6-7,9-11,16,21-23,26-28,30H,5,8,12-15,17-20H2,1-4H3,(H,43,50)(H,44,47)(H,45,49)/b16-9+/t21-,22-,26+,27-,28-,30-,37-/m1/s1. The molecule has 7 rings (SSSR count). The second kappa shape index (κ2) is 14.8. The molecule has 7 atom stereocenters. The van der Waals surface area contributed by atoms with Gasteiger partial charge in [-0.05, 0) is 68.1 Å². The van der Waals surface area contributed by atoms with Crippen molar-refractivity contribution in [3.63, 3.8) is 0 Å². The summed E-state index contributed by atoms with van der Waals surface area (Å²) in [7, 11) is -3.94. The summed E-state index contributed by atoms with van der Waals surface area (Å²) in [4.78, 5) is 65.8. The molecule has 1 aromatic heterocycles. The van der Waals surface area contributed by atoms with Crippen molar-refractivity contribution in [2.75, 3.05) is 13.2 Å². The van der Waals surface area contributed by atoms with E-state index in [1.165, 1.54) is 11.0 Å². The Balaban J connectivity index is 1.25. The summed E-state index contributed by atoms with van der Waals surface area (Å²) in [5.74, 6) is -6.90. The van der Waals surface area contributed by atoms with Crippen molar-refractivity contribution in [3.05, 3.63) is 42.1 Å². The Hall–Kier alpha value is -4.45. The SMILES string of the molecule is CC[C@@H]1C[C@]1(NC(=O)[C@@H]1C[C@@H]2CN1C(=O)[C@H](C(C)(C)C)NC(=O)O[C@@H]1CCC[C@H]1OC/C=C/C(F)(F)c1nc3ccccc3nc1O2)C(=O)NS(=O)(=O)C1CC1. The van der Waals surface area contributed by atoms with E-state index in [1.807, 2.05) is 6.92 Å². The van der Waals surface area contributed by atoms with Crippen LogP contribution in [-0.4, -0.2) is 101 Å². The van der Waals surface area contributed by atoms with E-state index in [9.17, 15) is 27.6 Å². The highest BCUT2D eigenvalue weighted by Gasteiger charge is 2.62. The third-order valence-corrected chi connectivity index (χ3v) is 13.1. The highest BCUT2D eigenvalue weighted by atomic mass is 32.2. The first kappa shape index (κ1) is 39.8. The van der Waals surface area contributed by atoms with Gasteiger partial charge in [0.2, 0.25) is 27.7 Å². The zero-order valence-electron chi connectivity index (χ0n) is 31.8. The molecule has 3 aliphatic carbocycles. The van der Waals surface area contributed by atoms with Crippen LogP contribution in [0, 0.1) is 11.3 Å². The van der Waals surface area contributed by atoms with Gasteiger partial charge in [-0.2, -0.15) is 8.78 Å². The number of rotatable bonds is 6. The van der Waals surface area contributed by atoms with E-state index in [4.69, 9.17) is 14.2 Å². The number of halogens is 2. The largest absolute Gasteiger partial charge is 0.471 e. The second-order valence-electron chi connectivity index (χ2n) is 16.5. The summed E-state index contributed by atoms with van der Waals surface area (Å²) in [5.41, 5.74) is -2.79. The number of sulfonamides is 1. The molecule has 304 valence electrons. The summed E-state index contributed by atoms with van der Waals surface area (Å²) >= 11 is 0. The molecular formula is C38H48F2N6O9S. The number of nitrogens with zero attached hydrogens (tertiary/aromatic N) is 3. The Morgan fingerprint density at radius 1 is 1.04 bits per heavy atom. The van der Waals surface area contributed by atoms with Crippen LogP contribution in [0.25, 0.3) is 11.0 Å². The van der Waals surface area contributed by atoms with E-state index in [0.29, 0.717) is 44.6 Å². The molecule has 4 amide bonds. The number of allylic oxidation sites excluding steroid dienone is 1. The lowest BCUT2D eigenvalue weighted by Gasteiger charge is -2.35. The van der Waals surface area contributed by atoms with Gasteiger partial charge in [0.25, 0.3) is 5.91 Å². The van der Waals surface area contributed by atoms with Crippen LogP contribution >= 0.6 is 0 Å². The molecule has 0 spiro atoms. The number of benzene rings is 1. The summed E-state index contributed by atoms with van der Waals surface area (Å²) in [5, 5.41) is 4.79. The smallest absolute Gasteiger partial charge is 0.408 e. The number of nitrogens with one attached hydrogen (secondary N) is 3. The predicted molar refractivity (Wildman–Crippen MR) is 197 cm³/mol. The molecule has 2 aromatic rings. The van der Waals surface area contributed by atoms with Crippen LogP contribution in [0.2, 0.25) is 0 Å². The van der Waals surface area contributed by atoms with Gasteiger partial charge in [-0.15, -0.1) is 0 Å². The van der Waals surface area contributed by atoms with Gasteiger partial charge in [0.1, 0.15) is 29.8 Å². The van der Waals surface area contributed by atoms with Gasteiger partial charge < -0.3 is 29.7 Å². The van der Waals surface area contributed by atoms with Crippen LogP contribution in [0.1, 0.15) is 84.8 Å². The van der Waals surface area contributed by atoms with Gasteiger partial charge in [0.05, 0.1) is 35.5 Å². The zero-order chi connectivity index (χ0) is 40.2. The van der Waals surface area contributed by atoms with Crippen LogP contribution in [0.15, 0.2) is 36.4 Å². The second-order valence-corrected chi connectivity index (χ2v) is 18.5. The Morgan fingerprint density at radius 3 is 2.39 bits per heavy atom. The monoisotopic (exact) mass is 802 g/mol. The molecule has 3 saturated carbocycles. The van der Waals surface area contributed by atoms with Crippen LogP contribution in [0.3, 0.4) is 0 Å². The molecule has 3 heterocycles. The van der Waals surface area contributed by atoms with Crippen molar-refractivity contribution < 1.29 is 50.6 Å². The summed E-state index contributed by atoms with van der Waals surface area (Å²) in [6.45, 7) is 6.49. The average molecular weight is 803 g/mol. The maximum atomic E-state index is 16.1. The maximum absolute atomic E-state index is 16.1. The number of hydrogen-bond donors (Lipinski definition) is 3. The third-order valence-electron chi connectivity index (χ3n) is 11.3. The van der Waals surface area contributed by atoms with Crippen molar-refractivity contribution in [1.82, 2.24) is 30.2 Å². The third kappa shape index (κ3) is 8.04. The van der Waals surface area contributed by atoms with Crippen LogP contribution in [0.4, 0.5) is 13.6 Å². The van der Waals surface area contributed by atoms with Gasteiger partial charge in [-0.3, -0.25) is 19.1 Å². The van der Waals surface area contributed by atoms with E-state index in [-0.39, 0.29) is 42.9 Å². The highest BCUT2D eigenvalue weighted by molar-refractivity contribution is 7.91. The molecule has 2 bridgehead atoms. The number of alkyl halides is 2. The van der Waals surface area contributed by atoms with Gasteiger partial charge >= 0.3 is 12.0 Å². The lowest BCUT2D eigenvalue weighted by molar-refractivity contribution is -0.143. The number of hydrogen-bond acceptors (Lipinski definition) is 11. The Morgan fingerprint density at radius 2 is 1.73 bits per heavy atom. The molecule has 0 unspecified atom stereocenters. The molecule has 2 aliphatic heterocycles. The van der Waals surface area contributed by atoms with E-state index in [2.05, 4.69) is 25.3 Å². The highest BCUT2D eigenvalue weighted by Crippen LogP contribution is 2.47. The van der Waals surface area contributed by atoms with Crippen LogP contribution in [0.5, 0.6) is 5.88 Å². The van der Waals surface area contributed by atoms with E-state index < -0.39 is 97.9 Å². The molecule has 1 saturated heterocycles. The van der Waals surface area contributed by atoms with Crippen LogP contribution in [-0.2, 0) is 39.8 Å². The first-order valence-electron chi connectivity index (χ1n) is 19.2. The van der Waals surface area contributed by atoms with Crippen molar-refractivity contribution in [1.29, 1.82) is 0 Å². The predicted octanol–water partition coefficient (Wildman–Crippen LogP) is 3.61. The minimum Gasteiger partial charge on any atom is -0.471 e. The first-order valence-corrected chi connectivity index (χ1v) is 20.7. The zero-order valence-corrected chi connectivity index (χ0v) is 32.6. The molecule has 1 aromatic carbocycles.